The summed E-state index contributed by atoms with van der Waals surface area (Å²) in [5.74, 6) is 0.931. The van der Waals surface area contributed by atoms with Gasteiger partial charge in [0.25, 0.3) is 5.91 Å². The Hall–Kier alpha value is -3.88. The van der Waals surface area contributed by atoms with Crippen molar-refractivity contribution in [1.82, 2.24) is 29.3 Å². The Kier molecular flexibility index (Phi) is 6.58. The average molecular weight is 448 g/mol. The van der Waals surface area contributed by atoms with Gasteiger partial charge in [0.05, 0.1) is 24.6 Å². The van der Waals surface area contributed by atoms with Crippen molar-refractivity contribution in [1.29, 1.82) is 0 Å². The second kappa shape index (κ2) is 9.72. The molecule has 0 aliphatic carbocycles. The smallest absolute Gasteiger partial charge is 0.276 e. The van der Waals surface area contributed by atoms with Crippen LogP contribution in [-0.2, 0) is 19.8 Å². The first-order valence-corrected chi connectivity index (χ1v) is 11.0. The number of rotatable bonds is 9. The van der Waals surface area contributed by atoms with Crippen LogP contribution < -0.4 is 10.1 Å². The van der Waals surface area contributed by atoms with Crippen molar-refractivity contribution in [3.05, 3.63) is 77.6 Å². The molecule has 172 valence electrons. The van der Waals surface area contributed by atoms with Gasteiger partial charge in [0.1, 0.15) is 5.75 Å². The summed E-state index contributed by atoms with van der Waals surface area (Å²) in [7, 11) is 0. The van der Waals surface area contributed by atoms with Gasteiger partial charge in [0.2, 0.25) is 0 Å². The fraction of sp³-hybridized carbons (Fsp3) is 0.333. The maximum Gasteiger partial charge on any atom is 0.276 e. The monoisotopic (exact) mass is 447 g/mol. The van der Waals surface area contributed by atoms with Crippen LogP contribution in [0.4, 0.5) is 5.69 Å². The van der Waals surface area contributed by atoms with E-state index in [0.29, 0.717) is 23.8 Å². The molecule has 0 saturated carbocycles. The lowest BCUT2D eigenvalue weighted by Gasteiger charge is -2.09. The van der Waals surface area contributed by atoms with E-state index in [1.54, 1.807) is 34.0 Å². The maximum absolute atomic E-state index is 12.6. The molecule has 0 saturated heterocycles. The number of carbonyl (C=O) groups is 1. The molecular weight excluding hydrogens is 418 g/mol. The molecule has 3 heterocycles. The SMILES string of the molecule is CCn1ncc(Cn2cc(NC(=O)c3ccn(COc4ccc(C(C)C)cc4)n3)cn2)c1C. The number of benzene rings is 1. The number of anilines is 1. The van der Waals surface area contributed by atoms with Crippen LogP contribution in [0.25, 0.3) is 0 Å². The molecule has 4 rings (SSSR count). The molecule has 1 N–H and O–H groups in total. The summed E-state index contributed by atoms with van der Waals surface area (Å²) in [6.45, 7) is 10.0. The predicted molar refractivity (Wildman–Crippen MR) is 125 cm³/mol. The number of ether oxygens (including phenoxy) is 1. The topological polar surface area (TPSA) is 91.8 Å². The van der Waals surface area contributed by atoms with Crippen molar-refractivity contribution < 1.29 is 9.53 Å². The average Bonchev–Trinajstić information content (AvgIpc) is 3.54. The van der Waals surface area contributed by atoms with Gasteiger partial charge in [-0.15, -0.1) is 0 Å². The zero-order valence-corrected chi connectivity index (χ0v) is 19.4. The molecule has 4 aromatic rings. The first-order chi connectivity index (χ1) is 15.9. The maximum atomic E-state index is 12.6. The highest BCUT2D eigenvalue weighted by atomic mass is 16.5. The number of hydrogen-bond acceptors (Lipinski definition) is 5. The van der Waals surface area contributed by atoms with E-state index in [2.05, 4.69) is 53.5 Å². The second-order valence-corrected chi connectivity index (χ2v) is 8.19. The highest BCUT2D eigenvalue weighted by Gasteiger charge is 2.12. The normalized spacial score (nSPS) is 11.2. The van der Waals surface area contributed by atoms with E-state index in [1.807, 2.05) is 29.9 Å². The number of nitrogens with zero attached hydrogens (tertiary/aromatic N) is 6. The lowest BCUT2D eigenvalue weighted by atomic mass is 10.0. The van der Waals surface area contributed by atoms with Crippen LogP contribution in [0.5, 0.6) is 5.75 Å². The Bertz CT molecular complexity index is 1220. The van der Waals surface area contributed by atoms with Crippen LogP contribution in [0.1, 0.15) is 54.0 Å². The highest BCUT2D eigenvalue weighted by Crippen LogP contribution is 2.19. The molecule has 1 aromatic carbocycles. The third kappa shape index (κ3) is 5.31. The molecule has 0 atom stereocenters. The minimum absolute atomic E-state index is 0.219. The largest absolute Gasteiger partial charge is 0.471 e. The molecule has 9 heteroatoms. The van der Waals surface area contributed by atoms with Crippen molar-refractivity contribution >= 4 is 11.6 Å². The van der Waals surface area contributed by atoms with Crippen LogP contribution in [0.15, 0.2) is 55.1 Å². The molecule has 0 spiro atoms. The van der Waals surface area contributed by atoms with Gasteiger partial charge in [-0.1, -0.05) is 26.0 Å². The minimum Gasteiger partial charge on any atom is -0.471 e. The van der Waals surface area contributed by atoms with Crippen LogP contribution in [0.2, 0.25) is 0 Å². The number of aromatic nitrogens is 6. The molecular formula is C24H29N7O2. The van der Waals surface area contributed by atoms with Gasteiger partial charge in [0, 0.05) is 30.2 Å². The van der Waals surface area contributed by atoms with E-state index in [-0.39, 0.29) is 12.6 Å². The number of nitrogens with one attached hydrogen (secondary N) is 1. The molecule has 9 nitrogen and oxygen atoms in total. The molecule has 0 fully saturated rings. The first kappa shape index (κ1) is 22.3. The van der Waals surface area contributed by atoms with Gasteiger partial charge < -0.3 is 10.1 Å². The summed E-state index contributed by atoms with van der Waals surface area (Å²) in [5.41, 5.74) is 4.38. The van der Waals surface area contributed by atoms with Gasteiger partial charge in [0.15, 0.2) is 12.4 Å². The van der Waals surface area contributed by atoms with Crippen molar-refractivity contribution in [3.63, 3.8) is 0 Å². The van der Waals surface area contributed by atoms with Gasteiger partial charge in [-0.05, 0) is 43.5 Å². The lowest BCUT2D eigenvalue weighted by Crippen LogP contribution is -2.14. The fourth-order valence-corrected chi connectivity index (χ4v) is 3.49. The van der Waals surface area contributed by atoms with E-state index in [0.717, 1.165) is 23.6 Å². The fourth-order valence-electron chi connectivity index (χ4n) is 3.49. The Morgan fingerprint density at radius 3 is 2.58 bits per heavy atom. The molecule has 0 radical (unpaired) electrons. The summed E-state index contributed by atoms with van der Waals surface area (Å²) in [5, 5.41) is 15.8. The molecule has 0 aliphatic rings. The van der Waals surface area contributed by atoms with Crippen molar-refractivity contribution in [2.45, 2.75) is 53.4 Å². The van der Waals surface area contributed by atoms with Crippen LogP contribution in [-0.4, -0.2) is 35.2 Å². The minimum atomic E-state index is -0.301. The van der Waals surface area contributed by atoms with Gasteiger partial charge in [-0.3, -0.25) is 14.2 Å². The van der Waals surface area contributed by atoms with Crippen LogP contribution >= 0.6 is 0 Å². The lowest BCUT2D eigenvalue weighted by molar-refractivity contribution is 0.102. The number of amides is 1. The van der Waals surface area contributed by atoms with Crippen molar-refractivity contribution in [2.24, 2.45) is 0 Å². The van der Waals surface area contributed by atoms with Gasteiger partial charge in [-0.2, -0.15) is 15.3 Å². The first-order valence-electron chi connectivity index (χ1n) is 11.0. The van der Waals surface area contributed by atoms with E-state index >= 15 is 0 Å². The quantitative estimate of drug-likeness (QED) is 0.418. The molecule has 33 heavy (non-hydrogen) atoms. The third-order valence-corrected chi connectivity index (χ3v) is 5.51. The van der Waals surface area contributed by atoms with E-state index in [1.165, 1.54) is 5.56 Å². The zero-order valence-electron chi connectivity index (χ0n) is 19.4. The molecule has 3 aromatic heterocycles. The molecule has 0 bridgehead atoms. The molecule has 0 aliphatic heterocycles. The van der Waals surface area contributed by atoms with E-state index in [9.17, 15) is 4.79 Å². The number of aryl methyl sites for hydroxylation is 1. The number of carbonyl (C=O) groups excluding carboxylic acids is 1. The summed E-state index contributed by atoms with van der Waals surface area (Å²) in [6.07, 6.45) is 6.99. The number of hydrogen-bond donors (Lipinski definition) is 1. The Labute approximate surface area is 193 Å². The second-order valence-electron chi connectivity index (χ2n) is 8.19. The summed E-state index contributed by atoms with van der Waals surface area (Å²) < 4.78 is 11.1. The van der Waals surface area contributed by atoms with Gasteiger partial charge in [-0.25, -0.2) is 4.68 Å². The van der Waals surface area contributed by atoms with Gasteiger partial charge >= 0.3 is 0 Å². The Morgan fingerprint density at radius 2 is 1.88 bits per heavy atom. The van der Waals surface area contributed by atoms with E-state index in [4.69, 9.17) is 4.74 Å². The Balaban J connectivity index is 1.31. The summed E-state index contributed by atoms with van der Waals surface area (Å²) >= 11 is 0. The molecule has 1 amide bonds. The third-order valence-electron chi connectivity index (χ3n) is 5.51. The van der Waals surface area contributed by atoms with Crippen LogP contribution in [0.3, 0.4) is 0 Å². The highest BCUT2D eigenvalue weighted by molar-refractivity contribution is 6.02. The van der Waals surface area contributed by atoms with Crippen molar-refractivity contribution in [3.8, 4) is 5.75 Å². The zero-order chi connectivity index (χ0) is 23.4. The summed E-state index contributed by atoms with van der Waals surface area (Å²) in [6, 6.07) is 9.66. The Morgan fingerprint density at radius 1 is 1.09 bits per heavy atom. The standard InChI is InChI=1S/C24H29N7O2/c1-5-31-18(4)20(12-26-31)14-30-15-21(13-25-30)27-24(32)23-10-11-29(28-23)16-33-22-8-6-19(7-9-22)17(2)3/h6-13,15,17H,5,14,16H2,1-4H3,(H,27,32). The van der Waals surface area contributed by atoms with Crippen LogP contribution in [0, 0.1) is 6.92 Å². The van der Waals surface area contributed by atoms with E-state index < -0.39 is 0 Å². The summed E-state index contributed by atoms with van der Waals surface area (Å²) in [4.78, 5) is 12.6. The predicted octanol–water partition coefficient (Wildman–Crippen LogP) is 4.06. The van der Waals surface area contributed by atoms with Crippen molar-refractivity contribution in [2.75, 3.05) is 5.32 Å². The molecule has 0 unspecified atom stereocenters.